The lowest BCUT2D eigenvalue weighted by Gasteiger charge is -2.21. The summed E-state index contributed by atoms with van der Waals surface area (Å²) in [5.74, 6) is -3.61. The van der Waals surface area contributed by atoms with Gasteiger partial charge < -0.3 is 14.9 Å². The van der Waals surface area contributed by atoms with Gasteiger partial charge >= 0.3 is 11.9 Å². The largest absolute Gasteiger partial charge is 0.481 e. The Morgan fingerprint density at radius 2 is 1.38 bits per heavy atom. The van der Waals surface area contributed by atoms with E-state index in [2.05, 4.69) is 0 Å². The molecular formula is C8H10O5. The fourth-order valence-electron chi connectivity index (χ4n) is 1.97. The summed E-state index contributed by atoms with van der Waals surface area (Å²) in [6.45, 7) is 0. The second-order valence-corrected chi connectivity index (χ2v) is 3.57. The Kier molecular flexibility index (Phi) is 1.76. The molecule has 0 aromatic heterocycles. The molecule has 1 saturated heterocycles. The van der Waals surface area contributed by atoms with Gasteiger partial charge in [0.1, 0.15) is 0 Å². The Balaban J connectivity index is 2.12. The maximum Gasteiger partial charge on any atom is 0.307 e. The molecule has 4 atom stereocenters. The number of rotatable bonds is 2. The van der Waals surface area contributed by atoms with E-state index < -0.39 is 23.8 Å². The number of fused-ring (bicyclic) bond motifs is 1. The number of epoxide rings is 1. The minimum absolute atomic E-state index is 0.00306. The SMILES string of the molecule is O=C(O)C1CC2OC2CC1C(=O)O. The lowest BCUT2D eigenvalue weighted by molar-refractivity contribution is -0.155. The lowest BCUT2D eigenvalue weighted by atomic mass is 9.79. The van der Waals surface area contributed by atoms with Gasteiger partial charge in [0.05, 0.1) is 24.0 Å². The van der Waals surface area contributed by atoms with E-state index in [4.69, 9.17) is 14.9 Å². The fraction of sp³-hybridized carbons (Fsp3) is 0.750. The van der Waals surface area contributed by atoms with Gasteiger partial charge in [0, 0.05) is 0 Å². The number of carboxylic acids is 2. The van der Waals surface area contributed by atoms with Crippen molar-refractivity contribution in [3.05, 3.63) is 0 Å². The molecule has 1 heterocycles. The third kappa shape index (κ3) is 1.39. The van der Waals surface area contributed by atoms with Gasteiger partial charge in [-0.15, -0.1) is 0 Å². The molecule has 2 N–H and O–H groups in total. The molecule has 0 aromatic carbocycles. The standard InChI is InChI=1S/C8H10O5/c9-7(10)3-1-5-6(13-5)2-4(3)8(11)12/h3-6H,1-2H2,(H,9,10)(H,11,12). The first kappa shape index (κ1) is 8.50. The minimum atomic E-state index is -1.03. The molecule has 0 aromatic rings. The smallest absolute Gasteiger partial charge is 0.307 e. The first-order valence-electron chi connectivity index (χ1n) is 4.20. The van der Waals surface area contributed by atoms with Crippen LogP contribution in [0.15, 0.2) is 0 Å². The van der Waals surface area contributed by atoms with Gasteiger partial charge in [0.15, 0.2) is 0 Å². The van der Waals surface area contributed by atoms with E-state index in [0.29, 0.717) is 12.8 Å². The van der Waals surface area contributed by atoms with Gasteiger partial charge in [0.2, 0.25) is 0 Å². The van der Waals surface area contributed by atoms with Crippen molar-refractivity contribution in [2.75, 3.05) is 0 Å². The van der Waals surface area contributed by atoms with Crippen LogP contribution in [0.5, 0.6) is 0 Å². The Morgan fingerprint density at radius 1 is 1.00 bits per heavy atom. The highest BCUT2D eigenvalue weighted by molar-refractivity contribution is 5.80. The Labute approximate surface area is 74.3 Å². The number of carbonyl (C=O) groups is 2. The highest BCUT2D eigenvalue weighted by atomic mass is 16.6. The summed E-state index contributed by atoms with van der Waals surface area (Å²) in [5, 5.41) is 17.5. The molecule has 0 radical (unpaired) electrons. The van der Waals surface area contributed by atoms with E-state index in [9.17, 15) is 9.59 Å². The van der Waals surface area contributed by atoms with Crippen molar-refractivity contribution >= 4 is 11.9 Å². The number of ether oxygens (including phenoxy) is 1. The highest BCUT2D eigenvalue weighted by Crippen LogP contribution is 2.42. The quantitative estimate of drug-likeness (QED) is 0.590. The average Bonchev–Trinajstić information content (AvgIpc) is 2.78. The predicted molar refractivity (Wildman–Crippen MR) is 40.1 cm³/mol. The predicted octanol–water partition coefficient (Wildman–Crippen LogP) is -0.0508. The van der Waals surface area contributed by atoms with Crippen LogP contribution in [0.3, 0.4) is 0 Å². The summed E-state index contributed by atoms with van der Waals surface area (Å²) < 4.78 is 5.11. The second-order valence-electron chi connectivity index (χ2n) is 3.57. The molecule has 0 bridgehead atoms. The molecule has 5 heteroatoms. The van der Waals surface area contributed by atoms with Crippen LogP contribution in [0.25, 0.3) is 0 Å². The van der Waals surface area contributed by atoms with Crippen LogP contribution in [-0.4, -0.2) is 34.4 Å². The maximum atomic E-state index is 10.7. The molecule has 2 aliphatic rings. The van der Waals surface area contributed by atoms with Crippen LogP contribution in [0.2, 0.25) is 0 Å². The maximum absolute atomic E-state index is 10.7. The summed E-state index contributed by atoms with van der Waals surface area (Å²) in [7, 11) is 0. The first-order valence-corrected chi connectivity index (χ1v) is 4.20. The van der Waals surface area contributed by atoms with Gasteiger partial charge in [-0.3, -0.25) is 9.59 Å². The van der Waals surface area contributed by atoms with E-state index in [0.717, 1.165) is 0 Å². The van der Waals surface area contributed by atoms with Crippen molar-refractivity contribution in [1.82, 2.24) is 0 Å². The number of carboxylic acid groups (broad SMARTS) is 2. The zero-order valence-electron chi connectivity index (χ0n) is 6.84. The van der Waals surface area contributed by atoms with E-state index in [-0.39, 0.29) is 12.2 Å². The van der Waals surface area contributed by atoms with Crippen LogP contribution in [0, 0.1) is 11.8 Å². The topological polar surface area (TPSA) is 87.1 Å². The van der Waals surface area contributed by atoms with E-state index >= 15 is 0 Å². The second kappa shape index (κ2) is 2.70. The Morgan fingerprint density at radius 3 is 1.69 bits per heavy atom. The molecule has 0 spiro atoms. The third-order valence-corrected chi connectivity index (χ3v) is 2.78. The van der Waals surface area contributed by atoms with Crippen molar-refractivity contribution in [3.8, 4) is 0 Å². The Hall–Kier alpha value is -1.10. The van der Waals surface area contributed by atoms with Crippen molar-refractivity contribution < 1.29 is 24.5 Å². The van der Waals surface area contributed by atoms with Crippen LogP contribution >= 0.6 is 0 Å². The zero-order chi connectivity index (χ0) is 9.59. The van der Waals surface area contributed by atoms with Crippen LogP contribution < -0.4 is 0 Å². The lowest BCUT2D eigenvalue weighted by Crippen LogP contribution is -2.35. The zero-order valence-corrected chi connectivity index (χ0v) is 6.84. The Bertz CT molecular complexity index is 235. The van der Waals surface area contributed by atoms with Gasteiger partial charge in [-0.2, -0.15) is 0 Å². The van der Waals surface area contributed by atoms with Crippen LogP contribution in [0.1, 0.15) is 12.8 Å². The van der Waals surface area contributed by atoms with Crippen LogP contribution in [0.4, 0.5) is 0 Å². The van der Waals surface area contributed by atoms with E-state index in [1.165, 1.54) is 0 Å². The summed E-state index contributed by atoms with van der Waals surface area (Å²) in [5.41, 5.74) is 0. The van der Waals surface area contributed by atoms with Crippen molar-refractivity contribution in [1.29, 1.82) is 0 Å². The summed E-state index contributed by atoms with van der Waals surface area (Å²) in [6.07, 6.45) is 0.682. The number of hydrogen-bond acceptors (Lipinski definition) is 3. The summed E-state index contributed by atoms with van der Waals surface area (Å²) in [6, 6.07) is 0. The average molecular weight is 186 g/mol. The van der Waals surface area contributed by atoms with Gasteiger partial charge in [-0.25, -0.2) is 0 Å². The third-order valence-electron chi connectivity index (χ3n) is 2.78. The normalized spacial score (nSPS) is 42.2. The number of hydrogen-bond donors (Lipinski definition) is 2. The first-order chi connectivity index (χ1) is 6.09. The molecule has 2 fully saturated rings. The monoisotopic (exact) mass is 186 g/mol. The van der Waals surface area contributed by atoms with Gasteiger partial charge in [0.25, 0.3) is 0 Å². The number of aliphatic carboxylic acids is 2. The van der Waals surface area contributed by atoms with Crippen LogP contribution in [-0.2, 0) is 14.3 Å². The molecule has 72 valence electrons. The molecular weight excluding hydrogens is 176 g/mol. The molecule has 1 aliphatic carbocycles. The highest BCUT2D eigenvalue weighted by Gasteiger charge is 2.52. The van der Waals surface area contributed by atoms with Gasteiger partial charge in [-0.1, -0.05) is 0 Å². The fourth-order valence-corrected chi connectivity index (χ4v) is 1.97. The summed E-state index contributed by atoms with van der Waals surface area (Å²) >= 11 is 0. The molecule has 5 nitrogen and oxygen atoms in total. The van der Waals surface area contributed by atoms with E-state index in [1.54, 1.807) is 0 Å². The summed E-state index contributed by atoms with van der Waals surface area (Å²) in [4.78, 5) is 21.4. The van der Waals surface area contributed by atoms with Crippen molar-refractivity contribution in [2.45, 2.75) is 25.0 Å². The molecule has 13 heavy (non-hydrogen) atoms. The molecule has 2 rings (SSSR count). The van der Waals surface area contributed by atoms with Crippen molar-refractivity contribution in [3.63, 3.8) is 0 Å². The molecule has 1 aliphatic heterocycles. The molecule has 0 amide bonds. The van der Waals surface area contributed by atoms with Crippen molar-refractivity contribution in [2.24, 2.45) is 11.8 Å². The van der Waals surface area contributed by atoms with E-state index in [1.807, 2.05) is 0 Å². The van der Waals surface area contributed by atoms with Gasteiger partial charge in [-0.05, 0) is 12.8 Å². The molecule has 4 unspecified atom stereocenters. The minimum Gasteiger partial charge on any atom is -0.481 e. The molecule has 1 saturated carbocycles.